The van der Waals surface area contributed by atoms with Gasteiger partial charge >= 0.3 is 5.97 Å². The number of esters is 1. The van der Waals surface area contributed by atoms with Gasteiger partial charge in [-0.05, 0) is 43.3 Å². The molecular weight excluding hydrogens is 394 g/mol. The Bertz CT molecular complexity index is 1020. The summed E-state index contributed by atoms with van der Waals surface area (Å²) in [6, 6.07) is 8.38. The van der Waals surface area contributed by atoms with Crippen LogP contribution < -0.4 is 5.32 Å². The normalized spacial score (nSPS) is 10.8. The predicted molar refractivity (Wildman–Crippen MR) is 103 cm³/mol. The van der Waals surface area contributed by atoms with Gasteiger partial charge in [0.2, 0.25) is 0 Å². The lowest BCUT2D eigenvalue weighted by Crippen LogP contribution is -2.16. The van der Waals surface area contributed by atoms with Crippen molar-refractivity contribution in [2.75, 3.05) is 18.5 Å². The fourth-order valence-corrected chi connectivity index (χ4v) is 3.28. The van der Waals surface area contributed by atoms with Crippen molar-refractivity contribution in [3.63, 3.8) is 0 Å². The van der Waals surface area contributed by atoms with Crippen LogP contribution in [0.3, 0.4) is 0 Å². The highest BCUT2D eigenvalue weighted by Crippen LogP contribution is 2.36. The number of rotatable bonds is 6. The van der Waals surface area contributed by atoms with Crippen LogP contribution in [0.2, 0.25) is 10.0 Å². The van der Waals surface area contributed by atoms with E-state index in [0.29, 0.717) is 32.2 Å². The van der Waals surface area contributed by atoms with Crippen molar-refractivity contribution in [2.24, 2.45) is 0 Å². The number of carbonyl (C=O) groups excluding carboxylic acids is 2. The first-order chi connectivity index (χ1) is 12.9. The third-order valence-corrected chi connectivity index (χ3v) is 4.40. The molecule has 1 heterocycles. The van der Waals surface area contributed by atoms with Gasteiger partial charge in [0.05, 0.1) is 29.4 Å². The molecule has 0 saturated carbocycles. The zero-order valence-electron chi connectivity index (χ0n) is 14.2. The van der Waals surface area contributed by atoms with Gasteiger partial charge in [-0.25, -0.2) is 9.18 Å². The van der Waals surface area contributed by atoms with Crippen LogP contribution in [0.4, 0.5) is 10.1 Å². The first-order valence-electron chi connectivity index (χ1n) is 8.11. The summed E-state index contributed by atoms with van der Waals surface area (Å²) in [5, 5.41) is 4.19. The number of Topliss-reactive ketones (excluding diaryl/α,β-unsaturated/α-hetero) is 1. The van der Waals surface area contributed by atoms with Crippen molar-refractivity contribution in [1.82, 2.24) is 4.98 Å². The van der Waals surface area contributed by atoms with Crippen molar-refractivity contribution in [1.29, 1.82) is 0 Å². The third kappa shape index (κ3) is 4.07. The molecule has 0 bridgehead atoms. The van der Waals surface area contributed by atoms with Crippen molar-refractivity contribution < 1.29 is 18.7 Å². The van der Waals surface area contributed by atoms with Crippen LogP contribution in [0.5, 0.6) is 0 Å². The van der Waals surface area contributed by atoms with E-state index >= 15 is 0 Å². The zero-order valence-corrected chi connectivity index (χ0v) is 15.7. The Morgan fingerprint density at radius 2 is 1.89 bits per heavy atom. The van der Waals surface area contributed by atoms with Gasteiger partial charge < -0.3 is 15.0 Å². The quantitative estimate of drug-likeness (QED) is 0.440. The minimum absolute atomic E-state index is 0.121. The van der Waals surface area contributed by atoms with E-state index in [-0.39, 0.29) is 24.6 Å². The highest BCUT2D eigenvalue weighted by Gasteiger charge is 2.22. The molecule has 2 N–H and O–H groups in total. The summed E-state index contributed by atoms with van der Waals surface area (Å²) >= 11 is 12.3. The number of fused-ring (bicyclic) bond motifs is 1. The van der Waals surface area contributed by atoms with Crippen molar-refractivity contribution in [3.8, 4) is 0 Å². The number of benzene rings is 2. The van der Waals surface area contributed by atoms with Crippen LogP contribution in [-0.4, -0.2) is 29.9 Å². The Morgan fingerprint density at radius 3 is 2.56 bits per heavy atom. The molecule has 0 fully saturated rings. The van der Waals surface area contributed by atoms with E-state index < -0.39 is 11.8 Å². The molecule has 0 aliphatic carbocycles. The van der Waals surface area contributed by atoms with Crippen molar-refractivity contribution >= 4 is 51.5 Å². The summed E-state index contributed by atoms with van der Waals surface area (Å²) in [5.41, 5.74) is 1.37. The van der Waals surface area contributed by atoms with Crippen LogP contribution in [0.25, 0.3) is 10.9 Å². The van der Waals surface area contributed by atoms with Crippen LogP contribution in [0, 0.1) is 5.82 Å². The summed E-state index contributed by atoms with van der Waals surface area (Å²) in [5.74, 6) is -1.29. The molecule has 0 amide bonds. The van der Waals surface area contributed by atoms with Crippen LogP contribution >= 0.6 is 23.2 Å². The number of anilines is 1. The fourth-order valence-electron chi connectivity index (χ4n) is 2.69. The smallest absolute Gasteiger partial charge is 0.356 e. The molecule has 0 radical (unpaired) electrons. The van der Waals surface area contributed by atoms with E-state index in [9.17, 15) is 14.0 Å². The van der Waals surface area contributed by atoms with E-state index in [0.717, 1.165) is 0 Å². The second kappa shape index (κ2) is 7.98. The Kier molecular flexibility index (Phi) is 5.68. The standard InChI is InChI=1S/C19H15Cl2FN2O3/c1-2-27-19(26)18-17(16-13(21)7-11(20)8-14(16)24-18)23-9-15(25)10-3-5-12(22)6-4-10/h3-8,23-24H,2,9H2,1H3. The third-order valence-electron chi connectivity index (χ3n) is 3.89. The topological polar surface area (TPSA) is 71.2 Å². The summed E-state index contributed by atoms with van der Waals surface area (Å²) in [4.78, 5) is 27.6. The number of hydrogen-bond donors (Lipinski definition) is 2. The molecule has 0 atom stereocenters. The van der Waals surface area contributed by atoms with Gasteiger partial charge in [0.15, 0.2) is 5.78 Å². The largest absolute Gasteiger partial charge is 0.461 e. The molecule has 140 valence electrons. The average molecular weight is 409 g/mol. The van der Waals surface area contributed by atoms with Gasteiger partial charge in [-0.1, -0.05) is 23.2 Å². The molecule has 3 rings (SSSR count). The molecule has 0 aliphatic heterocycles. The maximum atomic E-state index is 13.0. The highest BCUT2D eigenvalue weighted by molar-refractivity contribution is 6.40. The maximum Gasteiger partial charge on any atom is 0.356 e. The lowest BCUT2D eigenvalue weighted by Gasteiger charge is -2.09. The number of halogens is 3. The van der Waals surface area contributed by atoms with E-state index in [1.54, 1.807) is 19.1 Å². The number of hydrogen-bond acceptors (Lipinski definition) is 4. The number of aromatic nitrogens is 1. The molecule has 0 spiro atoms. The number of ether oxygens (including phenoxy) is 1. The van der Waals surface area contributed by atoms with Gasteiger partial charge in [-0.3, -0.25) is 4.79 Å². The number of ketones is 1. The minimum atomic E-state index is -0.586. The van der Waals surface area contributed by atoms with Gasteiger partial charge in [0.25, 0.3) is 0 Å². The van der Waals surface area contributed by atoms with Crippen LogP contribution in [0.15, 0.2) is 36.4 Å². The molecule has 0 saturated heterocycles. The molecule has 5 nitrogen and oxygen atoms in total. The lowest BCUT2D eigenvalue weighted by molar-refractivity contribution is 0.0521. The Labute approximate surface area is 164 Å². The Hall–Kier alpha value is -2.57. The van der Waals surface area contributed by atoms with Crippen molar-refractivity contribution in [3.05, 3.63) is 63.5 Å². The first kappa shape index (κ1) is 19.2. The summed E-state index contributed by atoms with van der Waals surface area (Å²) in [7, 11) is 0. The lowest BCUT2D eigenvalue weighted by atomic mass is 10.1. The van der Waals surface area contributed by atoms with E-state index in [4.69, 9.17) is 27.9 Å². The second-order valence-electron chi connectivity index (χ2n) is 5.69. The molecule has 1 aromatic heterocycles. The number of aromatic amines is 1. The minimum Gasteiger partial charge on any atom is -0.461 e. The molecule has 3 aromatic rings. The van der Waals surface area contributed by atoms with Gasteiger partial charge in [0.1, 0.15) is 11.5 Å². The van der Waals surface area contributed by atoms with Gasteiger partial charge in [0, 0.05) is 16.0 Å². The Balaban J connectivity index is 1.96. The number of nitrogens with one attached hydrogen (secondary N) is 2. The number of carbonyl (C=O) groups is 2. The van der Waals surface area contributed by atoms with Gasteiger partial charge in [-0.2, -0.15) is 0 Å². The Morgan fingerprint density at radius 1 is 1.19 bits per heavy atom. The molecule has 0 aliphatic rings. The molecule has 27 heavy (non-hydrogen) atoms. The SMILES string of the molecule is CCOC(=O)c1[nH]c2cc(Cl)cc(Cl)c2c1NCC(=O)c1ccc(F)cc1. The summed E-state index contributed by atoms with van der Waals surface area (Å²) < 4.78 is 18.1. The van der Waals surface area contributed by atoms with E-state index in [1.165, 1.54) is 24.3 Å². The second-order valence-corrected chi connectivity index (χ2v) is 6.53. The average Bonchev–Trinajstić information content (AvgIpc) is 2.99. The van der Waals surface area contributed by atoms with E-state index in [2.05, 4.69) is 10.3 Å². The summed E-state index contributed by atoms with van der Waals surface area (Å²) in [6.45, 7) is 1.76. The number of H-pyrrole nitrogens is 1. The zero-order chi connectivity index (χ0) is 19.6. The fraction of sp³-hybridized carbons (Fsp3) is 0.158. The van der Waals surface area contributed by atoms with Crippen molar-refractivity contribution in [2.45, 2.75) is 6.92 Å². The first-order valence-corrected chi connectivity index (χ1v) is 8.86. The van der Waals surface area contributed by atoms with Crippen LogP contribution in [-0.2, 0) is 4.74 Å². The molecule has 0 unspecified atom stereocenters. The van der Waals surface area contributed by atoms with Gasteiger partial charge in [-0.15, -0.1) is 0 Å². The molecular formula is C19H15Cl2FN2O3. The highest BCUT2D eigenvalue weighted by atomic mass is 35.5. The summed E-state index contributed by atoms with van der Waals surface area (Å²) in [6.07, 6.45) is 0. The molecule has 2 aromatic carbocycles. The molecule has 8 heteroatoms. The predicted octanol–water partition coefficient (Wildman–Crippen LogP) is 5.09. The van der Waals surface area contributed by atoms with Crippen LogP contribution in [0.1, 0.15) is 27.8 Å². The monoisotopic (exact) mass is 408 g/mol. The maximum absolute atomic E-state index is 13.0. The van der Waals surface area contributed by atoms with E-state index in [1.807, 2.05) is 0 Å².